The molecule has 5 nitrogen and oxygen atoms in total. The van der Waals surface area contributed by atoms with Gasteiger partial charge in [0.05, 0.1) is 24.3 Å². The Morgan fingerprint density at radius 2 is 1.34 bits per heavy atom. The van der Waals surface area contributed by atoms with Crippen LogP contribution in [0.5, 0.6) is 11.5 Å². The number of rotatable bonds is 5. The molecule has 0 unspecified atom stereocenters. The van der Waals surface area contributed by atoms with Gasteiger partial charge in [-0.2, -0.15) is 0 Å². The number of benzene rings is 3. The third-order valence-electron chi connectivity index (χ3n) is 5.14. The smallest absolute Gasteiger partial charge is 0.198 e. The molecule has 29 heavy (non-hydrogen) atoms. The number of carbonyl (C=O) groups excluding carboxylic acids is 2. The molecule has 1 aliphatic carbocycles. The number of fused-ring (bicyclic) bond motifs is 2. The molecule has 1 saturated heterocycles. The maximum Gasteiger partial charge on any atom is 0.198 e. The lowest BCUT2D eigenvalue weighted by Crippen LogP contribution is -2.39. The van der Waals surface area contributed by atoms with Crippen LogP contribution < -0.4 is 9.47 Å². The van der Waals surface area contributed by atoms with Gasteiger partial charge >= 0.3 is 0 Å². The van der Waals surface area contributed by atoms with Gasteiger partial charge in [-0.25, -0.2) is 0 Å². The van der Waals surface area contributed by atoms with E-state index in [0.29, 0.717) is 42.4 Å². The first kappa shape index (κ1) is 17.6. The van der Waals surface area contributed by atoms with Crippen LogP contribution in [0.3, 0.4) is 0 Å². The van der Waals surface area contributed by atoms with Crippen molar-refractivity contribution in [3.05, 3.63) is 94.5 Å². The second kappa shape index (κ2) is 7.18. The second-order valence-electron chi connectivity index (χ2n) is 7.07. The van der Waals surface area contributed by atoms with E-state index in [4.69, 9.17) is 14.2 Å². The fraction of sp³-hybridized carbons (Fsp3) is 0.167. The first-order valence-electron chi connectivity index (χ1n) is 9.49. The Kier molecular flexibility index (Phi) is 4.37. The van der Waals surface area contributed by atoms with E-state index in [1.165, 1.54) is 0 Å². The van der Waals surface area contributed by atoms with E-state index < -0.39 is 0 Å². The summed E-state index contributed by atoms with van der Waals surface area (Å²) in [5.74, 6) is 0.325. The van der Waals surface area contributed by atoms with Crippen LogP contribution in [0.4, 0.5) is 0 Å². The lowest BCUT2D eigenvalue weighted by molar-refractivity contribution is -0.0798. The molecular formula is C24H18O5. The van der Waals surface area contributed by atoms with E-state index in [2.05, 4.69) is 0 Å². The van der Waals surface area contributed by atoms with Crippen molar-refractivity contribution in [3.63, 3.8) is 0 Å². The molecule has 0 saturated carbocycles. The lowest BCUT2D eigenvalue weighted by Gasteiger charge is -2.29. The van der Waals surface area contributed by atoms with E-state index in [1.807, 2.05) is 30.3 Å². The summed E-state index contributed by atoms with van der Waals surface area (Å²) in [5, 5.41) is 0. The van der Waals surface area contributed by atoms with Crippen LogP contribution in [0.25, 0.3) is 0 Å². The summed E-state index contributed by atoms with van der Waals surface area (Å²) in [6.07, 6.45) is -0.116. The van der Waals surface area contributed by atoms with Crippen LogP contribution >= 0.6 is 0 Å². The summed E-state index contributed by atoms with van der Waals surface area (Å²) in [4.78, 5) is 26.6. The first-order valence-corrected chi connectivity index (χ1v) is 9.49. The van der Waals surface area contributed by atoms with Crippen molar-refractivity contribution in [3.8, 4) is 11.5 Å². The minimum atomic E-state index is -0.228. The summed E-state index contributed by atoms with van der Waals surface area (Å²) in [7, 11) is 0. The fourth-order valence-corrected chi connectivity index (χ4v) is 3.58. The van der Waals surface area contributed by atoms with Crippen LogP contribution in [-0.4, -0.2) is 30.9 Å². The van der Waals surface area contributed by atoms with Gasteiger partial charge in [-0.3, -0.25) is 9.59 Å². The summed E-state index contributed by atoms with van der Waals surface area (Å²) >= 11 is 0. The van der Waals surface area contributed by atoms with Gasteiger partial charge in [-0.05, 0) is 17.7 Å². The predicted molar refractivity (Wildman–Crippen MR) is 106 cm³/mol. The normalized spacial score (nSPS) is 15.3. The molecular weight excluding hydrogens is 368 g/mol. The highest BCUT2D eigenvalue weighted by Gasteiger charge is 2.36. The topological polar surface area (TPSA) is 61.8 Å². The number of ether oxygens (including phenoxy) is 3. The quantitative estimate of drug-likeness (QED) is 0.522. The van der Waals surface area contributed by atoms with Crippen molar-refractivity contribution in [2.24, 2.45) is 0 Å². The van der Waals surface area contributed by atoms with E-state index in [1.54, 1.807) is 36.4 Å². The van der Waals surface area contributed by atoms with E-state index >= 15 is 0 Å². The maximum absolute atomic E-state index is 13.3. The Labute approximate surface area is 167 Å². The summed E-state index contributed by atoms with van der Waals surface area (Å²) in [6.45, 7) is 1.24. The molecule has 2 aliphatic rings. The SMILES string of the molecule is O=C1c2ccccc2C(=O)c2c(OC3COC3)ccc(OCc3ccccc3)c21. The van der Waals surface area contributed by atoms with Crippen LogP contribution in [0.15, 0.2) is 66.7 Å². The van der Waals surface area contributed by atoms with Gasteiger partial charge in [0.2, 0.25) is 0 Å². The molecule has 1 aliphatic heterocycles. The molecule has 0 aromatic heterocycles. The van der Waals surface area contributed by atoms with Gasteiger partial charge in [-0.15, -0.1) is 0 Å². The molecule has 5 heteroatoms. The van der Waals surface area contributed by atoms with E-state index in [9.17, 15) is 9.59 Å². The molecule has 0 atom stereocenters. The van der Waals surface area contributed by atoms with Crippen LogP contribution in [0, 0.1) is 0 Å². The summed E-state index contributed by atoms with van der Waals surface area (Å²) < 4.78 is 17.1. The Hall–Kier alpha value is -3.44. The van der Waals surface area contributed by atoms with Crippen molar-refractivity contribution in [1.29, 1.82) is 0 Å². The van der Waals surface area contributed by atoms with Gasteiger partial charge in [0.1, 0.15) is 24.2 Å². The lowest BCUT2D eigenvalue weighted by atomic mass is 9.83. The Bertz CT molecular complexity index is 1100. The largest absolute Gasteiger partial charge is 0.488 e. The molecule has 5 rings (SSSR count). The number of carbonyl (C=O) groups is 2. The molecule has 1 fully saturated rings. The van der Waals surface area contributed by atoms with E-state index in [-0.39, 0.29) is 28.8 Å². The standard InChI is InChI=1S/C24H18O5/c25-23-17-8-4-5-9-18(17)24(26)22-20(29-16-13-27-14-16)11-10-19(21(22)23)28-12-15-6-2-1-3-7-15/h1-11,16H,12-14H2. The van der Waals surface area contributed by atoms with Crippen molar-refractivity contribution in [1.82, 2.24) is 0 Å². The van der Waals surface area contributed by atoms with Crippen molar-refractivity contribution >= 4 is 11.6 Å². The Balaban J connectivity index is 1.58. The summed E-state index contributed by atoms with van der Waals surface area (Å²) in [5.41, 5.74) is 2.29. The maximum atomic E-state index is 13.3. The van der Waals surface area contributed by atoms with Gasteiger partial charge in [-0.1, -0.05) is 54.6 Å². The monoisotopic (exact) mass is 386 g/mol. The highest BCUT2D eigenvalue weighted by molar-refractivity contribution is 6.30. The molecule has 0 spiro atoms. The molecule has 0 N–H and O–H groups in total. The van der Waals surface area contributed by atoms with Gasteiger partial charge in [0.15, 0.2) is 11.6 Å². The third-order valence-corrected chi connectivity index (χ3v) is 5.14. The van der Waals surface area contributed by atoms with Crippen molar-refractivity contribution in [2.75, 3.05) is 13.2 Å². The molecule has 144 valence electrons. The van der Waals surface area contributed by atoms with Crippen molar-refractivity contribution in [2.45, 2.75) is 12.7 Å². The zero-order valence-corrected chi connectivity index (χ0v) is 15.6. The van der Waals surface area contributed by atoms with Gasteiger partial charge < -0.3 is 14.2 Å². The van der Waals surface area contributed by atoms with Crippen LogP contribution in [-0.2, 0) is 11.3 Å². The predicted octanol–water partition coefficient (Wildman–Crippen LogP) is 3.82. The highest BCUT2D eigenvalue weighted by atomic mass is 16.6. The van der Waals surface area contributed by atoms with Gasteiger partial charge in [0, 0.05) is 11.1 Å². The fourth-order valence-electron chi connectivity index (χ4n) is 3.58. The third kappa shape index (κ3) is 3.09. The molecule has 3 aromatic carbocycles. The average Bonchev–Trinajstić information content (AvgIpc) is 2.74. The summed E-state index contributed by atoms with van der Waals surface area (Å²) in [6, 6.07) is 19.9. The van der Waals surface area contributed by atoms with Gasteiger partial charge in [0.25, 0.3) is 0 Å². The van der Waals surface area contributed by atoms with Crippen molar-refractivity contribution < 1.29 is 23.8 Å². The minimum Gasteiger partial charge on any atom is -0.488 e. The second-order valence-corrected chi connectivity index (χ2v) is 7.07. The molecule has 0 amide bonds. The van der Waals surface area contributed by atoms with Crippen LogP contribution in [0.1, 0.15) is 37.4 Å². The molecule has 1 heterocycles. The molecule has 0 radical (unpaired) electrons. The number of hydrogen-bond acceptors (Lipinski definition) is 5. The highest BCUT2D eigenvalue weighted by Crippen LogP contribution is 2.39. The molecule has 0 bridgehead atoms. The Morgan fingerprint density at radius 3 is 1.97 bits per heavy atom. The molecule has 3 aromatic rings. The Morgan fingerprint density at radius 1 is 0.759 bits per heavy atom. The number of ketones is 2. The zero-order chi connectivity index (χ0) is 19.8. The average molecular weight is 386 g/mol. The zero-order valence-electron chi connectivity index (χ0n) is 15.6. The first-order chi connectivity index (χ1) is 14.2. The minimum absolute atomic E-state index is 0.116. The number of hydrogen-bond donors (Lipinski definition) is 0. The van der Waals surface area contributed by atoms with Crippen LogP contribution in [0.2, 0.25) is 0 Å². The van der Waals surface area contributed by atoms with E-state index in [0.717, 1.165) is 5.56 Å².